The van der Waals surface area contributed by atoms with Crippen molar-refractivity contribution in [2.45, 2.75) is 58.0 Å². The molecule has 1 N–H and O–H groups in total. The first-order valence-electron chi connectivity index (χ1n) is 11.0. The van der Waals surface area contributed by atoms with Gasteiger partial charge < -0.3 is 10.2 Å². The molecule has 1 aliphatic carbocycles. The van der Waals surface area contributed by atoms with Gasteiger partial charge in [0, 0.05) is 44.7 Å². The molecule has 1 aromatic rings. The van der Waals surface area contributed by atoms with E-state index in [-0.39, 0.29) is 5.92 Å². The number of nitrogens with one attached hydrogen (secondary N) is 1. The van der Waals surface area contributed by atoms with Crippen LogP contribution in [-0.2, 0) is 11.3 Å². The quantitative estimate of drug-likeness (QED) is 0.836. The molecule has 148 valence electrons. The fourth-order valence-corrected chi connectivity index (χ4v) is 5.38. The number of piperazine rings is 1. The van der Waals surface area contributed by atoms with Gasteiger partial charge in [0.05, 0.1) is 0 Å². The number of fused-ring (bicyclic) bond motifs is 1. The Kier molecular flexibility index (Phi) is 6.14. The minimum Gasteiger partial charge on any atom is -0.353 e. The first-order valence-corrected chi connectivity index (χ1v) is 11.0. The van der Waals surface area contributed by atoms with Crippen LogP contribution in [0, 0.1) is 18.8 Å². The van der Waals surface area contributed by atoms with Gasteiger partial charge in [0.15, 0.2) is 0 Å². The maximum atomic E-state index is 12.3. The lowest BCUT2D eigenvalue weighted by Gasteiger charge is -2.35. The molecule has 2 heterocycles. The Morgan fingerprint density at radius 1 is 1.04 bits per heavy atom. The summed E-state index contributed by atoms with van der Waals surface area (Å²) in [6.07, 6.45) is 7.31. The zero-order chi connectivity index (χ0) is 18.6. The van der Waals surface area contributed by atoms with Gasteiger partial charge in [0.2, 0.25) is 5.91 Å². The van der Waals surface area contributed by atoms with Crippen molar-refractivity contribution in [3.8, 4) is 0 Å². The second kappa shape index (κ2) is 8.74. The van der Waals surface area contributed by atoms with E-state index in [0.29, 0.717) is 17.9 Å². The molecule has 3 fully saturated rings. The molecule has 0 bridgehead atoms. The lowest BCUT2D eigenvalue weighted by molar-refractivity contribution is -0.123. The lowest BCUT2D eigenvalue weighted by atomic mass is 9.78. The van der Waals surface area contributed by atoms with Crippen molar-refractivity contribution >= 4 is 5.91 Å². The number of aryl methyl sites for hydroxylation is 1. The van der Waals surface area contributed by atoms with E-state index in [1.165, 1.54) is 43.2 Å². The van der Waals surface area contributed by atoms with E-state index < -0.39 is 0 Å². The van der Waals surface area contributed by atoms with Crippen LogP contribution in [0.5, 0.6) is 0 Å². The van der Waals surface area contributed by atoms with Gasteiger partial charge in [-0.25, -0.2) is 0 Å². The second-order valence-corrected chi connectivity index (χ2v) is 8.86. The van der Waals surface area contributed by atoms with Gasteiger partial charge in [-0.2, -0.15) is 0 Å². The Balaban J connectivity index is 1.18. The molecule has 27 heavy (non-hydrogen) atoms. The number of hydrogen-bond acceptors (Lipinski definition) is 3. The average molecular weight is 370 g/mol. The maximum absolute atomic E-state index is 12.3. The molecule has 1 saturated carbocycles. The summed E-state index contributed by atoms with van der Waals surface area (Å²) in [5.41, 5.74) is 2.86. The predicted octanol–water partition coefficient (Wildman–Crippen LogP) is 3.20. The van der Waals surface area contributed by atoms with Crippen LogP contribution in [0.25, 0.3) is 0 Å². The summed E-state index contributed by atoms with van der Waals surface area (Å²) in [4.78, 5) is 17.5. The summed E-state index contributed by atoms with van der Waals surface area (Å²) in [5, 5.41) is 3.27. The fraction of sp³-hybridized carbons (Fsp3) is 0.696. The minimum atomic E-state index is 0.289. The molecule has 0 radical (unpaired) electrons. The smallest absolute Gasteiger partial charge is 0.223 e. The molecule has 0 aromatic heterocycles. The molecule has 2 saturated heterocycles. The Hall–Kier alpha value is -1.39. The van der Waals surface area contributed by atoms with Gasteiger partial charge in [-0.05, 0) is 56.2 Å². The third-order valence-corrected chi connectivity index (χ3v) is 7.11. The minimum absolute atomic E-state index is 0.289. The van der Waals surface area contributed by atoms with Gasteiger partial charge in [-0.3, -0.25) is 9.69 Å². The van der Waals surface area contributed by atoms with Crippen LogP contribution in [0.15, 0.2) is 24.3 Å². The standard InChI is InChI=1S/C23H35N3O/c1-18-7-2-3-8-19(18)17-26-15-13-25(14-16-26)12-6-10-21-20-9-4-5-11-22(20)24-23(21)27/h2-3,7-8,20-22H,4-6,9-17H2,1H3,(H,24,27). The molecule has 4 rings (SSSR count). The third kappa shape index (κ3) is 4.55. The summed E-state index contributed by atoms with van der Waals surface area (Å²) < 4.78 is 0. The van der Waals surface area contributed by atoms with Gasteiger partial charge >= 0.3 is 0 Å². The SMILES string of the molecule is Cc1ccccc1CN1CCN(CCCC2C(=O)NC3CCCCC32)CC1. The van der Waals surface area contributed by atoms with Crippen LogP contribution in [0.2, 0.25) is 0 Å². The van der Waals surface area contributed by atoms with Gasteiger partial charge in [-0.1, -0.05) is 37.1 Å². The molecule has 3 aliphatic rings. The maximum Gasteiger partial charge on any atom is 0.223 e. The Bertz CT molecular complexity index is 638. The number of rotatable bonds is 6. The van der Waals surface area contributed by atoms with E-state index in [1.54, 1.807) is 0 Å². The highest BCUT2D eigenvalue weighted by Crippen LogP contribution is 2.37. The number of benzene rings is 1. The van der Waals surface area contributed by atoms with Crippen molar-refractivity contribution < 1.29 is 4.79 Å². The number of nitrogens with zero attached hydrogens (tertiary/aromatic N) is 2. The molecular formula is C23H35N3O. The first kappa shape index (κ1) is 18.9. The lowest BCUT2D eigenvalue weighted by Crippen LogP contribution is -2.46. The average Bonchev–Trinajstić information content (AvgIpc) is 3.00. The normalized spacial score (nSPS) is 29.5. The molecule has 4 heteroatoms. The van der Waals surface area contributed by atoms with E-state index in [2.05, 4.69) is 46.3 Å². The van der Waals surface area contributed by atoms with E-state index in [9.17, 15) is 4.79 Å². The van der Waals surface area contributed by atoms with E-state index >= 15 is 0 Å². The highest BCUT2D eigenvalue weighted by molar-refractivity contribution is 5.81. The fourth-order valence-electron chi connectivity index (χ4n) is 5.38. The van der Waals surface area contributed by atoms with Crippen molar-refractivity contribution in [1.82, 2.24) is 15.1 Å². The van der Waals surface area contributed by atoms with Crippen LogP contribution >= 0.6 is 0 Å². The summed E-state index contributed by atoms with van der Waals surface area (Å²) in [7, 11) is 0. The summed E-state index contributed by atoms with van der Waals surface area (Å²) in [6.45, 7) is 9.07. The molecule has 4 nitrogen and oxygen atoms in total. The first-order chi connectivity index (χ1) is 13.2. The highest BCUT2D eigenvalue weighted by atomic mass is 16.2. The Morgan fingerprint density at radius 2 is 1.78 bits per heavy atom. The molecule has 0 spiro atoms. The van der Waals surface area contributed by atoms with Gasteiger partial charge in [0.25, 0.3) is 0 Å². The van der Waals surface area contributed by atoms with Crippen LogP contribution in [0.4, 0.5) is 0 Å². The van der Waals surface area contributed by atoms with Crippen molar-refractivity contribution in [2.24, 2.45) is 11.8 Å². The molecule has 2 aliphatic heterocycles. The van der Waals surface area contributed by atoms with Crippen molar-refractivity contribution in [1.29, 1.82) is 0 Å². The molecular weight excluding hydrogens is 334 g/mol. The Labute approximate surface area is 164 Å². The number of carbonyl (C=O) groups excluding carboxylic acids is 1. The van der Waals surface area contributed by atoms with Crippen LogP contribution in [-0.4, -0.2) is 54.5 Å². The monoisotopic (exact) mass is 369 g/mol. The zero-order valence-corrected chi connectivity index (χ0v) is 16.8. The zero-order valence-electron chi connectivity index (χ0n) is 16.8. The summed E-state index contributed by atoms with van der Waals surface area (Å²) >= 11 is 0. The largest absolute Gasteiger partial charge is 0.353 e. The summed E-state index contributed by atoms with van der Waals surface area (Å²) in [6, 6.07) is 9.22. The number of amides is 1. The molecule has 3 atom stereocenters. The van der Waals surface area contributed by atoms with Gasteiger partial charge in [0.1, 0.15) is 0 Å². The third-order valence-electron chi connectivity index (χ3n) is 7.11. The van der Waals surface area contributed by atoms with Crippen molar-refractivity contribution in [2.75, 3.05) is 32.7 Å². The van der Waals surface area contributed by atoms with E-state index in [0.717, 1.165) is 45.7 Å². The van der Waals surface area contributed by atoms with Gasteiger partial charge in [-0.15, -0.1) is 0 Å². The molecule has 3 unspecified atom stereocenters. The van der Waals surface area contributed by atoms with E-state index in [1.807, 2.05) is 0 Å². The van der Waals surface area contributed by atoms with Crippen LogP contribution in [0.1, 0.15) is 49.7 Å². The van der Waals surface area contributed by atoms with Crippen molar-refractivity contribution in [3.63, 3.8) is 0 Å². The second-order valence-electron chi connectivity index (χ2n) is 8.86. The molecule has 1 aromatic carbocycles. The predicted molar refractivity (Wildman–Crippen MR) is 110 cm³/mol. The van der Waals surface area contributed by atoms with Crippen molar-refractivity contribution in [3.05, 3.63) is 35.4 Å². The topological polar surface area (TPSA) is 35.6 Å². The number of hydrogen-bond donors (Lipinski definition) is 1. The van der Waals surface area contributed by atoms with Crippen LogP contribution < -0.4 is 5.32 Å². The molecule has 1 amide bonds. The van der Waals surface area contributed by atoms with E-state index in [4.69, 9.17) is 0 Å². The number of carbonyl (C=O) groups is 1. The summed E-state index contributed by atoms with van der Waals surface area (Å²) in [5.74, 6) is 1.25. The van der Waals surface area contributed by atoms with Crippen LogP contribution in [0.3, 0.4) is 0 Å². The highest BCUT2D eigenvalue weighted by Gasteiger charge is 2.42. The Morgan fingerprint density at radius 3 is 2.59 bits per heavy atom.